The van der Waals surface area contributed by atoms with Gasteiger partial charge in [-0.05, 0) is 49.1 Å². The van der Waals surface area contributed by atoms with Crippen LogP contribution in [0.3, 0.4) is 0 Å². The van der Waals surface area contributed by atoms with Crippen LogP contribution in [-0.4, -0.2) is 29.1 Å². The third kappa shape index (κ3) is 2.76. The van der Waals surface area contributed by atoms with Crippen LogP contribution in [0.25, 0.3) is 0 Å². The topological polar surface area (TPSA) is 40.5 Å². The predicted octanol–water partition coefficient (Wildman–Crippen LogP) is 3.95. The van der Waals surface area contributed by atoms with Crippen molar-refractivity contribution in [3.63, 3.8) is 0 Å². The molecule has 3 unspecified atom stereocenters. The Kier molecular flexibility index (Phi) is 4.10. The molecule has 0 aromatic carbocycles. The standard InChI is InChI=1S/C17H25NO2S/c1-12-4-3-7-17(10-12,16(19)20)11-18-8-5-15-14(13(18)2)6-9-21-15/h6,9,12-13H,3-5,7-8,10-11H2,1-2H3,(H,19,20). The van der Waals surface area contributed by atoms with E-state index in [0.717, 1.165) is 32.2 Å². The van der Waals surface area contributed by atoms with Crippen LogP contribution >= 0.6 is 11.3 Å². The lowest BCUT2D eigenvalue weighted by molar-refractivity contribution is -0.154. The molecule has 0 saturated heterocycles. The molecule has 0 amide bonds. The molecule has 3 nitrogen and oxygen atoms in total. The van der Waals surface area contributed by atoms with E-state index in [9.17, 15) is 9.90 Å². The second kappa shape index (κ2) is 5.73. The Labute approximate surface area is 131 Å². The predicted molar refractivity (Wildman–Crippen MR) is 85.7 cm³/mol. The zero-order valence-electron chi connectivity index (χ0n) is 13.0. The van der Waals surface area contributed by atoms with Crippen LogP contribution in [0.15, 0.2) is 11.4 Å². The maximum absolute atomic E-state index is 12.0. The number of nitrogens with zero attached hydrogens (tertiary/aromatic N) is 1. The van der Waals surface area contributed by atoms with Crippen molar-refractivity contribution in [2.45, 2.75) is 52.0 Å². The Bertz CT molecular complexity index is 527. The molecule has 1 fully saturated rings. The molecule has 1 saturated carbocycles. The Hall–Kier alpha value is -0.870. The summed E-state index contributed by atoms with van der Waals surface area (Å²) < 4.78 is 0. The molecule has 2 heterocycles. The molecule has 3 rings (SSSR count). The first-order valence-electron chi connectivity index (χ1n) is 8.05. The van der Waals surface area contributed by atoms with Crippen LogP contribution in [0.4, 0.5) is 0 Å². The number of hydrogen-bond donors (Lipinski definition) is 1. The lowest BCUT2D eigenvalue weighted by Crippen LogP contribution is -2.48. The summed E-state index contributed by atoms with van der Waals surface area (Å²) in [7, 11) is 0. The van der Waals surface area contributed by atoms with Gasteiger partial charge in [0.15, 0.2) is 0 Å². The molecule has 0 bridgehead atoms. The van der Waals surface area contributed by atoms with E-state index in [1.165, 1.54) is 16.9 Å². The molecule has 1 aromatic rings. The van der Waals surface area contributed by atoms with Gasteiger partial charge in [-0.2, -0.15) is 0 Å². The highest BCUT2D eigenvalue weighted by molar-refractivity contribution is 7.10. The molecular weight excluding hydrogens is 282 g/mol. The normalized spacial score (nSPS) is 33.6. The quantitative estimate of drug-likeness (QED) is 0.919. The Balaban J connectivity index is 1.79. The third-order valence-electron chi connectivity index (χ3n) is 5.45. The number of hydrogen-bond acceptors (Lipinski definition) is 3. The van der Waals surface area contributed by atoms with Gasteiger partial charge in [0.25, 0.3) is 0 Å². The minimum atomic E-state index is -0.586. The Morgan fingerprint density at radius 3 is 3.05 bits per heavy atom. The van der Waals surface area contributed by atoms with Crippen molar-refractivity contribution in [2.75, 3.05) is 13.1 Å². The molecule has 0 radical (unpaired) electrons. The van der Waals surface area contributed by atoms with E-state index in [-0.39, 0.29) is 0 Å². The maximum atomic E-state index is 12.0. The van der Waals surface area contributed by atoms with Crippen LogP contribution in [0.5, 0.6) is 0 Å². The lowest BCUT2D eigenvalue weighted by atomic mass is 9.69. The number of carboxylic acids is 1. The minimum Gasteiger partial charge on any atom is -0.481 e. The van der Waals surface area contributed by atoms with E-state index >= 15 is 0 Å². The summed E-state index contributed by atoms with van der Waals surface area (Å²) in [6, 6.07) is 2.57. The van der Waals surface area contributed by atoms with Gasteiger partial charge < -0.3 is 5.11 Å². The van der Waals surface area contributed by atoms with Crippen LogP contribution in [-0.2, 0) is 11.2 Å². The summed E-state index contributed by atoms with van der Waals surface area (Å²) in [6.07, 6.45) is 4.98. The van der Waals surface area contributed by atoms with Gasteiger partial charge in [-0.25, -0.2) is 0 Å². The average molecular weight is 307 g/mol. The first-order chi connectivity index (χ1) is 10.0. The van der Waals surface area contributed by atoms with Crippen molar-refractivity contribution in [3.8, 4) is 0 Å². The third-order valence-corrected chi connectivity index (χ3v) is 6.45. The molecule has 1 aliphatic heterocycles. The summed E-state index contributed by atoms with van der Waals surface area (Å²) in [6.45, 7) is 6.14. The number of carboxylic acid groups (broad SMARTS) is 1. The maximum Gasteiger partial charge on any atom is 0.310 e. The summed E-state index contributed by atoms with van der Waals surface area (Å²) in [5, 5.41) is 12.0. The smallest absolute Gasteiger partial charge is 0.310 e. The Morgan fingerprint density at radius 1 is 1.52 bits per heavy atom. The zero-order valence-corrected chi connectivity index (χ0v) is 13.8. The zero-order chi connectivity index (χ0) is 15.0. The van der Waals surface area contributed by atoms with Crippen LogP contribution in [0.2, 0.25) is 0 Å². The fourth-order valence-corrected chi connectivity index (χ4v) is 5.19. The summed E-state index contributed by atoms with van der Waals surface area (Å²) in [5.41, 5.74) is 0.884. The first-order valence-corrected chi connectivity index (χ1v) is 8.93. The van der Waals surface area contributed by atoms with Gasteiger partial charge in [-0.15, -0.1) is 11.3 Å². The highest BCUT2D eigenvalue weighted by Crippen LogP contribution is 2.43. The molecule has 1 N–H and O–H groups in total. The van der Waals surface area contributed by atoms with Crippen LogP contribution in [0, 0.1) is 11.3 Å². The molecule has 21 heavy (non-hydrogen) atoms. The van der Waals surface area contributed by atoms with E-state index < -0.39 is 11.4 Å². The van der Waals surface area contributed by atoms with E-state index in [2.05, 4.69) is 30.2 Å². The SMILES string of the molecule is CC1CCCC(CN2CCc3sccc3C2C)(C(=O)O)C1. The van der Waals surface area contributed by atoms with Gasteiger partial charge in [0.1, 0.15) is 0 Å². The van der Waals surface area contributed by atoms with Crippen LogP contribution < -0.4 is 0 Å². The monoisotopic (exact) mass is 307 g/mol. The highest BCUT2D eigenvalue weighted by Gasteiger charge is 2.44. The first kappa shape index (κ1) is 15.0. The van der Waals surface area contributed by atoms with Gasteiger partial charge in [-0.1, -0.05) is 19.8 Å². The summed E-state index contributed by atoms with van der Waals surface area (Å²) in [4.78, 5) is 15.9. The molecule has 2 aliphatic rings. The molecular formula is C17H25NO2S. The number of rotatable bonds is 3. The molecule has 3 atom stereocenters. The van der Waals surface area contributed by atoms with Crippen molar-refractivity contribution in [2.24, 2.45) is 11.3 Å². The second-order valence-electron chi connectivity index (χ2n) is 6.98. The number of carbonyl (C=O) groups is 1. The van der Waals surface area contributed by atoms with Crippen LogP contribution in [0.1, 0.15) is 56.0 Å². The molecule has 116 valence electrons. The van der Waals surface area contributed by atoms with Gasteiger partial charge >= 0.3 is 5.97 Å². The second-order valence-corrected chi connectivity index (χ2v) is 7.98. The van der Waals surface area contributed by atoms with Gasteiger partial charge in [0.2, 0.25) is 0 Å². The van der Waals surface area contributed by atoms with Gasteiger partial charge in [-0.3, -0.25) is 9.69 Å². The average Bonchev–Trinajstić information content (AvgIpc) is 2.91. The Morgan fingerprint density at radius 2 is 2.33 bits per heavy atom. The molecule has 4 heteroatoms. The van der Waals surface area contributed by atoms with E-state index in [1.54, 1.807) is 0 Å². The lowest BCUT2D eigenvalue weighted by Gasteiger charge is -2.43. The van der Waals surface area contributed by atoms with Crippen molar-refractivity contribution < 1.29 is 9.90 Å². The van der Waals surface area contributed by atoms with E-state index in [0.29, 0.717) is 18.5 Å². The summed E-state index contributed by atoms with van der Waals surface area (Å²) in [5.74, 6) is -0.0518. The van der Waals surface area contributed by atoms with Crippen molar-refractivity contribution in [1.29, 1.82) is 0 Å². The number of aliphatic carboxylic acids is 1. The largest absolute Gasteiger partial charge is 0.481 e. The van der Waals surface area contributed by atoms with Crippen molar-refractivity contribution >= 4 is 17.3 Å². The fraction of sp³-hybridized carbons (Fsp3) is 0.706. The highest BCUT2D eigenvalue weighted by atomic mass is 32.1. The van der Waals surface area contributed by atoms with Gasteiger partial charge in [0.05, 0.1) is 5.41 Å². The number of thiophene rings is 1. The molecule has 1 aromatic heterocycles. The summed E-state index contributed by atoms with van der Waals surface area (Å²) >= 11 is 1.84. The van der Waals surface area contributed by atoms with Gasteiger partial charge in [0, 0.05) is 24.0 Å². The van der Waals surface area contributed by atoms with Crippen molar-refractivity contribution in [3.05, 3.63) is 21.9 Å². The van der Waals surface area contributed by atoms with E-state index in [1.807, 2.05) is 11.3 Å². The van der Waals surface area contributed by atoms with E-state index in [4.69, 9.17) is 0 Å². The molecule has 0 spiro atoms. The minimum absolute atomic E-state index is 0.355. The fourth-order valence-electron chi connectivity index (χ4n) is 4.23. The van der Waals surface area contributed by atoms with Crippen molar-refractivity contribution in [1.82, 2.24) is 4.90 Å². The number of fused-ring (bicyclic) bond motifs is 1. The molecule has 1 aliphatic carbocycles.